The van der Waals surface area contributed by atoms with E-state index in [9.17, 15) is 14.4 Å². The Labute approximate surface area is 339 Å². The molecule has 0 spiro atoms. The van der Waals surface area contributed by atoms with Gasteiger partial charge in [-0.25, -0.2) is 0 Å². The molecule has 1 saturated heterocycles. The molecule has 1 aliphatic rings. The van der Waals surface area contributed by atoms with Crippen molar-refractivity contribution in [1.82, 2.24) is 4.90 Å². The molecule has 8 heteroatoms. The van der Waals surface area contributed by atoms with Crippen LogP contribution in [0.25, 0.3) is 0 Å². The highest BCUT2D eigenvalue weighted by Gasteiger charge is 2.35. The molecule has 0 bridgehead atoms. The summed E-state index contributed by atoms with van der Waals surface area (Å²) >= 11 is 0. The molecule has 2 N–H and O–H groups in total. The van der Waals surface area contributed by atoms with Crippen molar-refractivity contribution in [1.29, 1.82) is 0 Å². The minimum atomic E-state index is -0.270. The van der Waals surface area contributed by atoms with Crippen LogP contribution in [-0.4, -0.2) is 67.3 Å². The zero-order valence-electron chi connectivity index (χ0n) is 36.6. The van der Waals surface area contributed by atoms with Gasteiger partial charge < -0.3 is 19.9 Å². The van der Waals surface area contributed by atoms with Crippen LogP contribution < -0.4 is 5.73 Å². The van der Waals surface area contributed by atoms with Crippen LogP contribution in [0.4, 0.5) is 0 Å². The van der Waals surface area contributed by atoms with E-state index in [-0.39, 0.29) is 36.1 Å². The van der Waals surface area contributed by atoms with Crippen molar-refractivity contribution in [2.45, 2.75) is 257 Å². The van der Waals surface area contributed by atoms with E-state index in [0.717, 1.165) is 96.4 Å². The van der Waals surface area contributed by atoms with Gasteiger partial charge in [-0.3, -0.25) is 19.3 Å². The number of nitrogens with two attached hydrogens (primary N) is 1. The zero-order valence-corrected chi connectivity index (χ0v) is 36.6. The van der Waals surface area contributed by atoms with E-state index in [1.54, 1.807) is 0 Å². The Morgan fingerprint density at radius 2 is 0.945 bits per heavy atom. The number of carbonyl (C=O) groups is 3. The lowest BCUT2D eigenvalue weighted by molar-refractivity contribution is -0.150. The van der Waals surface area contributed by atoms with Gasteiger partial charge in [0, 0.05) is 25.4 Å². The van der Waals surface area contributed by atoms with Crippen LogP contribution in [-0.2, 0) is 28.6 Å². The molecule has 0 aromatic rings. The van der Waals surface area contributed by atoms with Gasteiger partial charge in [-0.05, 0) is 70.8 Å². The molecule has 1 aliphatic heterocycles. The van der Waals surface area contributed by atoms with Gasteiger partial charge in [-0.2, -0.15) is 0 Å². The van der Waals surface area contributed by atoms with Gasteiger partial charge in [0.05, 0.1) is 13.2 Å². The molecular formula is C47H90N2O6. The standard InChI is InChI=1S/C47H90N2O6/c1-4-7-10-13-16-17-18-23-31-38-53-45(50)35-29-25-30-37-49-41-42(48)40-44(49)47(52)54-39-32-24-19-22-28-36-46(51)55-43(33-26-20-14-11-8-5-2)34-27-21-15-12-9-6-3/h42-44H,4-41,48H2,1-3H3/t42-,44-/m0/s1. The van der Waals surface area contributed by atoms with E-state index in [0.29, 0.717) is 39.0 Å². The van der Waals surface area contributed by atoms with E-state index >= 15 is 0 Å². The Morgan fingerprint density at radius 3 is 1.47 bits per heavy atom. The first-order chi connectivity index (χ1) is 26.9. The second-order valence-electron chi connectivity index (χ2n) is 16.8. The lowest BCUT2D eigenvalue weighted by Gasteiger charge is -2.22. The van der Waals surface area contributed by atoms with Gasteiger partial charge in [-0.1, -0.05) is 162 Å². The molecule has 0 unspecified atom stereocenters. The summed E-state index contributed by atoms with van der Waals surface area (Å²) in [6, 6.07) is -0.282. The summed E-state index contributed by atoms with van der Waals surface area (Å²) in [4.78, 5) is 39.9. The highest BCUT2D eigenvalue weighted by Crippen LogP contribution is 2.21. The third-order valence-electron chi connectivity index (χ3n) is 11.4. The van der Waals surface area contributed by atoms with Crippen LogP contribution in [0.3, 0.4) is 0 Å². The fraction of sp³-hybridized carbons (Fsp3) is 0.936. The van der Waals surface area contributed by atoms with E-state index in [2.05, 4.69) is 25.7 Å². The van der Waals surface area contributed by atoms with E-state index < -0.39 is 0 Å². The Kier molecular flexibility index (Phi) is 35.4. The molecule has 1 heterocycles. The van der Waals surface area contributed by atoms with E-state index in [1.807, 2.05) is 0 Å². The lowest BCUT2D eigenvalue weighted by atomic mass is 10.0. The number of esters is 3. The van der Waals surface area contributed by atoms with Gasteiger partial charge in [0.2, 0.25) is 0 Å². The van der Waals surface area contributed by atoms with Gasteiger partial charge >= 0.3 is 17.9 Å². The topological polar surface area (TPSA) is 108 Å². The Balaban J connectivity index is 2.13. The van der Waals surface area contributed by atoms with E-state index in [4.69, 9.17) is 19.9 Å². The van der Waals surface area contributed by atoms with Crippen molar-refractivity contribution in [2.75, 3.05) is 26.3 Å². The van der Waals surface area contributed by atoms with Crippen LogP contribution in [0.2, 0.25) is 0 Å². The van der Waals surface area contributed by atoms with Crippen molar-refractivity contribution >= 4 is 17.9 Å². The van der Waals surface area contributed by atoms with Crippen molar-refractivity contribution in [2.24, 2.45) is 5.73 Å². The molecule has 0 aromatic heterocycles. The summed E-state index contributed by atoms with van der Waals surface area (Å²) < 4.78 is 17.1. The first kappa shape index (κ1) is 51.3. The smallest absolute Gasteiger partial charge is 0.323 e. The van der Waals surface area contributed by atoms with Crippen molar-refractivity contribution < 1.29 is 28.6 Å². The predicted molar refractivity (Wildman–Crippen MR) is 229 cm³/mol. The SMILES string of the molecule is CCCCCCCCCCCOC(=O)CCCCCN1C[C@@H](N)C[C@H]1C(=O)OCCCCCCCC(=O)OC(CCCCCCCC)CCCCCCCC. The molecule has 1 fully saturated rings. The molecule has 0 radical (unpaired) electrons. The number of carbonyl (C=O) groups excluding carboxylic acids is 3. The maximum Gasteiger partial charge on any atom is 0.323 e. The van der Waals surface area contributed by atoms with Crippen LogP contribution >= 0.6 is 0 Å². The number of rotatable bonds is 40. The summed E-state index contributed by atoms with van der Waals surface area (Å²) in [7, 11) is 0. The highest BCUT2D eigenvalue weighted by atomic mass is 16.5. The van der Waals surface area contributed by atoms with Crippen LogP contribution in [0.1, 0.15) is 239 Å². The molecule has 0 aromatic carbocycles. The van der Waals surface area contributed by atoms with Gasteiger partial charge in [-0.15, -0.1) is 0 Å². The molecule has 8 nitrogen and oxygen atoms in total. The Bertz CT molecular complexity index is 885. The van der Waals surface area contributed by atoms with Gasteiger partial charge in [0.1, 0.15) is 12.1 Å². The summed E-state index contributed by atoms with van der Waals surface area (Å²) in [5.41, 5.74) is 6.24. The second kappa shape index (κ2) is 37.9. The molecule has 0 amide bonds. The number of unbranched alkanes of at least 4 members (excludes halogenated alkanes) is 24. The third-order valence-corrected chi connectivity index (χ3v) is 11.4. The van der Waals surface area contributed by atoms with Crippen molar-refractivity contribution in [3.05, 3.63) is 0 Å². The monoisotopic (exact) mass is 779 g/mol. The first-order valence-electron chi connectivity index (χ1n) is 23.9. The number of hydrogen-bond donors (Lipinski definition) is 1. The average Bonchev–Trinajstić information content (AvgIpc) is 3.55. The molecule has 0 aliphatic carbocycles. The van der Waals surface area contributed by atoms with Crippen molar-refractivity contribution in [3.8, 4) is 0 Å². The molecule has 2 atom stereocenters. The number of nitrogens with zero attached hydrogens (tertiary/aromatic N) is 1. The Morgan fingerprint density at radius 1 is 0.527 bits per heavy atom. The molecule has 1 rings (SSSR count). The quantitative estimate of drug-likeness (QED) is 0.0372. The van der Waals surface area contributed by atoms with Crippen LogP contribution in [0, 0.1) is 0 Å². The summed E-state index contributed by atoms with van der Waals surface area (Å²) in [5, 5.41) is 0. The number of hydrogen-bond acceptors (Lipinski definition) is 8. The number of likely N-dealkylation sites (tertiary alicyclic amines) is 1. The Hall–Kier alpha value is -1.67. The fourth-order valence-electron chi connectivity index (χ4n) is 7.85. The molecular weight excluding hydrogens is 689 g/mol. The average molecular weight is 779 g/mol. The molecule has 0 saturated carbocycles. The van der Waals surface area contributed by atoms with Gasteiger partial charge in [0.25, 0.3) is 0 Å². The highest BCUT2D eigenvalue weighted by molar-refractivity contribution is 5.76. The second-order valence-corrected chi connectivity index (χ2v) is 16.8. The third kappa shape index (κ3) is 31.1. The minimum Gasteiger partial charge on any atom is -0.466 e. The normalized spacial score (nSPS) is 15.9. The minimum absolute atomic E-state index is 0.0124. The van der Waals surface area contributed by atoms with Gasteiger partial charge in [0.15, 0.2) is 0 Å². The van der Waals surface area contributed by atoms with Crippen molar-refractivity contribution in [3.63, 3.8) is 0 Å². The first-order valence-corrected chi connectivity index (χ1v) is 23.9. The maximum absolute atomic E-state index is 12.9. The lowest BCUT2D eigenvalue weighted by Crippen LogP contribution is -2.38. The van der Waals surface area contributed by atoms with E-state index in [1.165, 1.54) is 109 Å². The maximum atomic E-state index is 12.9. The largest absolute Gasteiger partial charge is 0.466 e. The van der Waals surface area contributed by atoms with Crippen LogP contribution in [0.15, 0.2) is 0 Å². The summed E-state index contributed by atoms with van der Waals surface area (Å²) in [6.45, 7) is 9.23. The summed E-state index contributed by atoms with van der Waals surface area (Å²) in [5.74, 6) is -0.280. The zero-order chi connectivity index (χ0) is 40.0. The summed E-state index contributed by atoms with van der Waals surface area (Å²) in [6.07, 6.45) is 37.5. The number of ether oxygens (including phenoxy) is 3. The predicted octanol–water partition coefficient (Wildman–Crippen LogP) is 12.3. The fourth-order valence-corrected chi connectivity index (χ4v) is 7.85. The molecule has 324 valence electrons. The van der Waals surface area contributed by atoms with Crippen LogP contribution in [0.5, 0.6) is 0 Å². The molecule has 55 heavy (non-hydrogen) atoms.